The zero-order chi connectivity index (χ0) is 13.7. The monoisotopic (exact) mass is 269 g/mol. The number of nitrogens with one attached hydrogen (secondary N) is 1. The first-order chi connectivity index (χ1) is 9.22. The van der Waals surface area contributed by atoms with E-state index in [0.717, 1.165) is 38.1 Å². The molecule has 1 fully saturated rings. The van der Waals surface area contributed by atoms with E-state index in [1.807, 2.05) is 0 Å². The molecule has 2 unspecified atom stereocenters. The molecule has 2 rings (SSSR count). The number of benzene rings is 1. The Kier molecular flexibility index (Phi) is 5.28. The summed E-state index contributed by atoms with van der Waals surface area (Å²) in [5.74, 6) is 0.434. The van der Waals surface area contributed by atoms with Crippen LogP contribution < -0.4 is 5.32 Å². The molecule has 0 spiro atoms. The fourth-order valence-corrected chi connectivity index (χ4v) is 2.51. The average molecular weight is 269 g/mol. The molecule has 1 saturated heterocycles. The van der Waals surface area contributed by atoms with Crippen molar-refractivity contribution in [3.8, 4) is 0 Å². The quantitative estimate of drug-likeness (QED) is 0.795. The fourth-order valence-electron chi connectivity index (χ4n) is 2.51. The number of hydrogen-bond donors (Lipinski definition) is 1. The Labute approximate surface area is 113 Å². The highest BCUT2D eigenvalue weighted by Crippen LogP contribution is 2.34. The fraction of sp³-hybridized carbons (Fsp3) is 0.600. The van der Waals surface area contributed by atoms with Gasteiger partial charge in [-0.15, -0.1) is 0 Å². The molecule has 106 valence electrons. The van der Waals surface area contributed by atoms with E-state index in [2.05, 4.69) is 12.2 Å². The smallest absolute Gasteiger partial charge is 0.263 e. The van der Waals surface area contributed by atoms with Gasteiger partial charge in [-0.05, 0) is 24.9 Å². The van der Waals surface area contributed by atoms with Gasteiger partial charge in [0.25, 0.3) is 6.43 Å². The summed E-state index contributed by atoms with van der Waals surface area (Å²) >= 11 is 0. The van der Waals surface area contributed by atoms with Gasteiger partial charge in [0.05, 0.1) is 6.10 Å². The van der Waals surface area contributed by atoms with Crippen molar-refractivity contribution in [2.75, 3.05) is 19.7 Å². The maximum Gasteiger partial charge on any atom is 0.263 e. The Morgan fingerprint density at radius 3 is 2.68 bits per heavy atom. The van der Waals surface area contributed by atoms with Crippen molar-refractivity contribution in [1.82, 2.24) is 5.32 Å². The number of hydrogen-bond acceptors (Lipinski definition) is 2. The zero-order valence-corrected chi connectivity index (χ0v) is 11.2. The van der Waals surface area contributed by atoms with Gasteiger partial charge in [-0.2, -0.15) is 0 Å². The summed E-state index contributed by atoms with van der Waals surface area (Å²) in [6.45, 7) is 4.82. The van der Waals surface area contributed by atoms with E-state index < -0.39 is 6.43 Å². The first-order valence-electron chi connectivity index (χ1n) is 6.92. The molecule has 19 heavy (non-hydrogen) atoms. The highest BCUT2D eigenvalue weighted by Gasteiger charge is 2.29. The molecule has 1 aromatic carbocycles. The molecule has 0 aliphatic carbocycles. The van der Waals surface area contributed by atoms with Crippen LogP contribution in [-0.4, -0.2) is 19.7 Å². The summed E-state index contributed by atoms with van der Waals surface area (Å²) in [5, 5.41) is 3.41. The van der Waals surface area contributed by atoms with E-state index in [0.29, 0.717) is 5.92 Å². The van der Waals surface area contributed by atoms with E-state index in [9.17, 15) is 8.78 Å². The SMILES string of the molecule is CCCNCC1CCOC1c1ccc(C(F)F)cc1. The van der Waals surface area contributed by atoms with Crippen LogP contribution in [0, 0.1) is 5.92 Å². The molecule has 0 aromatic heterocycles. The highest BCUT2D eigenvalue weighted by molar-refractivity contribution is 5.26. The summed E-state index contributed by atoms with van der Waals surface area (Å²) in [6, 6.07) is 6.53. The lowest BCUT2D eigenvalue weighted by Crippen LogP contribution is -2.25. The second kappa shape index (κ2) is 6.96. The van der Waals surface area contributed by atoms with Gasteiger partial charge >= 0.3 is 0 Å². The lowest BCUT2D eigenvalue weighted by Gasteiger charge is -2.19. The lowest BCUT2D eigenvalue weighted by atomic mass is 9.94. The predicted octanol–water partition coefficient (Wildman–Crippen LogP) is 3.70. The molecule has 0 bridgehead atoms. The van der Waals surface area contributed by atoms with Crippen LogP contribution in [0.5, 0.6) is 0 Å². The zero-order valence-electron chi connectivity index (χ0n) is 11.2. The van der Waals surface area contributed by atoms with Crippen LogP contribution in [0.3, 0.4) is 0 Å². The van der Waals surface area contributed by atoms with Crippen LogP contribution in [-0.2, 0) is 4.74 Å². The Bertz CT molecular complexity index is 380. The third kappa shape index (κ3) is 3.74. The standard InChI is InChI=1S/C15H21F2NO/c1-2-8-18-10-13-7-9-19-14(13)11-3-5-12(6-4-11)15(16)17/h3-6,13-15,18H,2,7-10H2,1H3. The van der Waals surface area contributed by atoms with Gasteiger partial charge in [-0.25, -0.2) is 8.78 Å². The molecule has 1 aromatic rings. The van der Waals surface area contributed by atoms with Gasteiger partial charge in [0.1, 0.15) is 0 Å². The van der Waals surface area contributed by atoms with Crippen molar-refractivity contribution in [2.24, 2.45) is 5.92 Å². The first-order valence-corrected chi connectivity index (χ1v) is 6.92. The number of rotatable bonds is 6. The topological polar surface area (TPSA) is 21.3 Å². The molecule has 4 heteroatoms. The Hall–Kier alpha value is -1.00. The van der Waals surface area contributed by atoms with Crippen LogP contribution in [0.15, 0.2) is 24.3 Å². The summed E-state index contributed by atoms with van der Waals surface area (Å²) in [6.07, 6.45) is -0.226. The van der Waals surface area contributed by atoms with Gasteiger partial charge in [0.2, 0.25) is 0 Å². The van der Waals surface area contributed by atoms with Gasteiger partial charge < -0.3 is 10.1 Å². The molecule has 2 nitrogen and oxygen atoms in total. The second-order valence-corrected chi connectivity index (χ2v) is 5.01. The largest absolute Gasteiger partial charge is 0.373 e. The molecule has 0 amide bonds. The van der Waals surface area contributed by atoms with E-state index >= 15 is 0 Å². The lowest BCUT2D eigenvalue weighted by molar-refractivity contribution is 0.0904. The van der Waals surface area contributed by atoms with Crippen LogP contribution in [0.4, 0.5) is 8.78 Å². The van der Waals surface area contributed by atoms with Crippen LogP contribution >= 0.6 is 0 Å². The molecular weight excluding hydrogens is 248 g/mol. The number of ether oxygens (including phenoxy) is 1. The van der Waals surface area contributed by atoms with E-state index in [1.165, 1.54) is 12.1 Å². The van der Waals surface area contributed by atoms with Gasteiger partial charge in [0, 0.05) is 24.6 Å². The van der Waals surface area contributed by atoms with Crippen LogP contribution in [0.25, 0.3) is 0 Å². The second-order valence-electron chi connectivity index (χ2n) is 5.01. The first kappa shape index (κ1) is 14.4. The van der Waals surface area contributed by atoms with Crippen LogP contribution in [0.2, 0.25) is 0 Å². The summed E-state index contributed by atoms with van der Waals surface area (Å²) in [4.78, 5) is 0. The van der Waals surface area contributed by atoms with E-state index in [4.69, 9.17) is 4.74 Å². The van der Waals surface area contributed by atoms with Crippen LogP contribution in [0.1, 0.15) is 43.4 Å². The third-order valence-corrected chi connectivity index (χ3v) is 3.56. The summed E-state index contributed by atoms with van der Waals surface area (Å²) in [7, 11) is 0. The Morgan fingerprint density at radius 1 is 1.32 bits per heavy atom. The molecule has 1 aliphatic rings. The van der Waals surface area contributed by atoms with Crippen molar-refractivity contribution in [3.63, 3.8) is 0 Å². The Balaban J connectivity index is 1.99. The molecule has 2 atom stereocenters. The normalized spacial score (nSPS) is 23.2. The Morgan fingerprint density at radius 2 is 2.05 bits per heavy atom. The number of alkyl halides is 2. The van der Waals surface area contributed by atoms with Crippen molar-refractivity contribution in [1.29, 1.82) is 0 Å². The minimum atomic E-state index is -2.40. The minimum absolute atomic E-state index is 0.0380. The van der Waals surface area contributed by atoms with E-state index in [-0.39, 0.29) is 11.7 Å². The maximum absolute atomic E-state index is 12.5. The molecule has 1 N–H and O–H groups in total. The van der Waals surface area contributed by atoms with Gasteiger partial charge in [-0.3, -0.25) is 0 Å². The molecular formula is C15H21F2NO. The predicted molar refractivity (Wildman–Crippen MR) is 71.4 cm³/mol. The molecule has 1 heterocycles. The van der Waals surface area contributed by atoms with Gasteiger partial charge in [-0.1, -0.05) is 31.2 Å². The van der Waals surface area contributed by atoms with E-state index in [1.54, 1.807) is 12.1 Å². The van der Waals surface area contributed by atoms with Gasteiger partial charge in [0.15, 0.2) is 0 Å². The average Bonchev–Trinajstić information content (AvgIpc) is 2.87. The molecule has 0 radical (unpaired) electrons. The summed E-state index contributed by atoms with van der Waals surface area (Å²) < 4.78 is 30.8. The van der Waals surface area contributed by atoms with Crippen molar-refractivity contribution in [2.45, 2.75) is 32.3 Å². The maximum atomic E-state index is 12.5. The van der Waals surface area contributed by atoms with Crippen molar-refractivity contribution >= 4 is 0 Å². The van der Waals surface area contributed by atoms with Crippen molar-refractivity contribution in [3.05, 3.63) is 35.4 Å². The molecule has 1 aliphatic heterocycles. The summed E-state index contributed by atoms with van der Waals surface area (Å²) in [5.41, 5.74) is 1.08. The molecule has 0 saturated carbocycles. The number of halogens is 2. The third-order valence-electron chi connectivity index (χ3n) is 3.56. The minimum Gasteiger partial charge on any atom is -0.373 e. The highest BCUT2D eigenvalue weighted by atomic mass is 19.3. The van der Waals surface area contributed by atoms with Crippen molar-refractivity contribution < 1.29 is 13.5 Å².